The van der Waals surface area contributed by atoms with Gasteiger partial charge in [0.05, 0.1) is 11.6 Å². The van der Waals surface area contributed by atoms with Gasteiger partial charge in [-0.3, -0.25) is 4.79 Å². The number of rotatable bonds is 1. The average molecular weight is 415 g/mol. The number of benzene rings is 1. The fourth-order valence-electron chi connectivity index (χ4n) is 2.91. The van der Waals surface area contributed by atoms with E-state index in [-0.39, 0.29) is 11.9 Å². The van der Waals surface area contributed by atoms with E-state index in [1.165, 1.54) is 11.4 Å². The molecule has 0 bridgehead atoms. The molecule has 1 aromatic heterocycles. The molecule has 0 aliphatic carbocycles. The summed E-state index contributed by atoms with van der Waals surface area (Å²) in [6, 6.07) is 9.77. The summed E-state index contributed by atoms with van der Waals surface area (Å²) in [7, 11) is 0. The fourth-order valence-corrected chi connectivity index (χ4v) is 3.65. The van der Waals surface area contributed by atoms with Crippen molar-refractivity contribution in [2.75, 3.05) is 6.54 Å². The highest BCUT2D eigenvalue weighted by Gasteiger charge is 2.29. The SMILES string of the molecule is Cc1ccc2n1CCN(C(=O)c1cc(Cl)ccc1I)C2C. The molecule has 1 aliphatic heterocycles. The number of aryl methyl sites for hydroxylation is 1. The third kappa shape index (κ3) is 2.59. The van der Waals surface area contributed by atoms with Crippen LogP contribution in [0.4, 0.5) is 0 Å². The summed E-state index contributed by atoms with van der Waals surface area (Å²) < 4.78 is 3.23. The van der Waals surface area contributed by atoms with E-state index in [4.69, 9.17) is 11.6 Å². The van der Waals surface area contributed by atoms with E-state index in [0.717, 1.165) is 16.7 Å². The number of carbonyl (C=O) groups is 1. The molecule has 1 amide bonds. The summed E-state index contributed by atoms with van der Waals surface area (Å²) in [6.07, 6.45) is 0. The molecule has 0 N–H and O–H groups in total. The van der Waals surface area contributed by atoms with E-state index in [9.17, 15) is 4.79 Å². The van der Waals surface area contributed by atoms with E-state index in [0.29, 0.717) is 10.6 Å². The van der Waals surface area contributed by atoms with Crippen molar-refractivity contribution in [1.29, 1.82) is 0 Å². The second-order valence-corrected chi connectivity index (χ2v) is 6.95. The molecule has 5 heteroatoms. The molecule has 0 radical (unpaired) electrons. The zero-order valence-corrected chi connectivity index (χ0v) is 14.9. The second-order valence-electron chi connectivity index (χ2n) is 5.35. The standard InChI is InChI=1S/C16H16ClIN2O/c1-10-3-6-15-11(2)20(8-7-19(10)15)16(21)13-9-12(17)4-5-14(13)18/h3-6,9,11H,7-8H2,1-2H3. The van der Waals surface area contributed by atoms with Gasteiger partial charge >= 0.3 is 0 Å². The van der Waals surface area contributed by atoms with Gasteiger partial charge < -0.3 is 9.47 Å². The minimum atomic E-state index is 0.0551. The molecular formula is C16H16ClIN2O. The van der Waals surface area contributed by atoms with Gasteiger partial charge in [0.1, 0.15) is 0 Å². The van der Waals surface area contributed by atoms with Crippen molar-refractivity contribution in [3.05, 3.63) is 55.9 Å². The number of aromatic nitrogens is 1. The van der Waals surface area contributed by atoms with Crippen molar-refractivity contribution in [1.82, 2.24) is 9.47 Å². The molecule has 1 atom stereocenters. The lowest BCUT2D eigenvalue weighted by atomic mass is 10.1. The van der Waals surface area contributed by atoms with Crippen LogP contribution >= 0.6 is 34.2 Å². The summed E-state index contributed by atoms with van der Waals surface area (Å²) in [4.78, 5) is 14.8. The number of amides is 1. The first-order chi connectivity index (χ1) is 9.99. The Morgan fingerprint density at radius 2 is 2.05 bits per heavy atom. The molecule has 110 valence electrons. The summed E-state index contributed by atoms with van der Waals surface area (Å²) >= 11 is 8.23. The van der Waals surface area contributed by atoms with Gasteiger partial charge in [-0.2, -0.15) is 0 Å². The average Bonchev–Trinajstić information content (AvgIpc) is 2.84. The van der Waals surface area contributed by atoms with E-state index >= 15 is 0 Å². The Morgan fingerprint density at radius 3 is 2.81 bits per heavy atom. The maximum Gasteiger partial charge on any atom is 0.255 e. The smallest absolute Gasteiger partial charge is 0.255 e. The van der Waals surface area contributed by atoms with Gasteiger partial charge in [-0.15, -0.1) is 0 Å². The molecule has 0 fully saturated rings. The normalized spacial score (nSPS) is 17.7. The zero-order chi connectivity index (χ0) is 15.1. The Hall–Kier alpha value is -1.01. The Balaban J connectivity index is 1.95. The molecule has 3 rings (SSSR count). The van der Waals surface area contributed by atoms with Crippen LogP contribution in [0.3, 0.4) is 0 Å². The topological polar surface area (TPSA) is 25.2 Å². The number of fused-ring (bicyclic) bond motifs is 1. The molecular weight excluding hydrogens is 399 g/mol. The first kappa shape index (κ1) is 14.9. The van der Waals surface area contributed by atoms with Crippen molar-refractivity contribution in [2.24, 2.45) is 0 Å². The van der Waals surface area contributed by atoms with Gasteiger partial charge in [0.25, 0.3) is 5.91 Å². The minimum absolute atomic E-state index is 0.0551. The van der Waals surface area contributed by atoms with Gasteiger partial charge in [0.15, 0.2) is 0 Å². The number of halogens is 2. The van der Waals surface area contributed by atoms with E-state index in [1.54, 1.807) is 6.07 Å². The summed E-state index contributed by atoms with van der Waals surface area (Å²) in [5.74, 6) is 0.0551. The van der Waals surface area contributed by atoms with Crippen LogP contribution in [0.5, 0.6) is 0 Å². The predicted molar refractivity (Wildman–Crippen MR) is 92.8 cm³/mol. The Labute approximate surface area is 143 Å². The molecule has 2 aromatic rings. The molecule has 0 saturated carbocycles. The third-order valence-electron chi connectivity index (χ3n) is 4.11. The molecule has 3 nitrogen and oxygen atoms in total. The molecule has 0 saturated heterocycles. The molecule has 1 aromatic carbocycles. The fraction of sp³-hybridized carbons (Fsp3) is 0.312. The molecule has 1 aliphatic rings. The minimum Gasteiger partial charge on any atom is -0.345 e. The van der Waals surface area contributed by atoms with Crippen molar-refractivity contribution in [2.45, 2.75) is 26.4 Å². The van der Waals surface area contributed by atoms with Crippen molar-refractivity contribution < 1.29 is 4.79 Å². The first-order valence-electron chi connectivity index (χ1n) is 6.91. The highest BCUT2D eigenvalue weighted by Crippen LogP contribution is 2.30. The number of hydrogen-bond acceptors (Lipinski definition) is 1. The van der Waals surface area contributed by atoms with Crippen LogP contribution in [0.15, 0.2) is 30.3 Å². The monoisotopic (exact) mass is 414 g/mol. The molecule has 1 unspecified atom stereocenters. The Kier molecular flexibility index (Phi) is 4.01. The quantitative estimate of drug-likeness (QED) is 0.640. The summed E-state index contributed by atoms with van der Waals surface area (Å²) in [6.45, 7) is 5.76. The van der Waals surface area contributed by atoms with Gasteiger partial charge in [0.2, 0.25) is 0 Å². The van der Waals surface area contributed by atoms with Crippen molar-refractivity contribution in [3.63, 3.8) is 0 Å². The second kappa shape index (κ2) is 5.65. The number of hydrogen-bond donors (Lipinski definition) is 0. The lowest BCUT2D eigenvalue weighted by Crippen LogP contribution is -2.41. The highest BCUT2D eigenvalue weighted by atomic mass is 127. The maximum absolute atomic E-state index is 12.9. The van der Waals surface area contributed by atoms with Gasteiger partial charge in [-0.25, -0.2) is 0 Å². The number of carbonyl (C=O) groups excluding carboxylic acids is 1. The molecule has 21 heavy (non-hydrogen) atoms. The summed E-state index contributed by atoms with van der Waals surface area (Å²) in [5.41, 5.74) is 3.14. The van der Waals surface area contributed by atoms with Crippen molar-refractivity contribution in [3.8, 4) is 0 Å². The van der Waals surface area contributed by atoms with Crippen LogP contribution < -0.4 is 0 Å². The van der Waals surface area contributed by atoms with E-state index in [1.807, 2.05) is 17.0 Å². The van der Waals surface area contributed by atoms with Crippen LogP contribution in [-0.4, -0.2) is 21.9 Å². The van der Waals surface area contributed by atoms with Crippen LogP contribution in [0.1, 0.15) is 34.7 Å². The van der Waals surface area contributed by atoms with Crippen LogP contribution in [0.2, 0.25) is 5.02 Å². The van der Waals surface area contributed by atoms with E-state index in [2.05, 4.69) is 53.1 Å². The molecule has 2 heterocycles. The lowest BCUT2D eigenvalue weighted by molar-refractivity contribution is 0.0642. The first-order valence-corrected chi connectivity index (χ1v) is 8.37. The van der Waals surface area contributed by atoms with Crippen LogP contribution in [-0.2, 0) is 6.54 Å². The zero-order valence-electron chi connectivity index (χ0n) is 11.9. The van der Waals surface area contributed by atoms with Gasteiger partial charge in [0, 0.05) is 33.1 Å². The van der Waals surface area contributed by atoms with Crippen LogP contribution in [0, 0.1) is 10.5 Å². The lowest BCUT2D eigenvalue weighted by Gasteiger charge is -2.35. The highest BCUT2D eigenvalue weighted by molar-refractivity contribution is 14.1. The number of nitrogens with zero attached hydrogens (tertiary/aromatic N) is 2. The predicted octanol–water partition coefficient (Wildman–Crippen LogP) is 4.27. The van der Waals surface area contributed by atoms with E-state index < -0.39 is 0 Å². The van der Waals surface area contributed by atoms with Gasteiger partial charge in [-0.1, -0.05) is 11.6 Å². The largest absolute Gasteiger partial charge is 0.345 e. The Bertz CT molecular complexity index is 710. The third-order valence-corrected chi connectivity index (χ3v) is 5.29. The maximum atomic E-state index is 12.9. The Morgan fingerprint density at radius 1 is 1.29 bits per heavy atom. The molecule has 0 spiro atoms. The van der Waals surface area contributed by atoms with Crippen LogP contribution in [0.25, 0.3) is 0 Å². The van der Waals surface area contributed by atoms with Crippen molar-refractivity contribution >= 4 is 40.1 Å². The van der Waals surface area contributed by atoms with Gasteiger partial charge in [-0.05, 0) is 66.8 Å². The summed E-state index contributed by atoms with van der Waals surface area (Å²) in [5, 5.41) is 0.600.